The molecule has 0 fully saturated rings. The molecule has 5 aromatic carbocycles. The van der Waals surface area contributed by atoms with Gasteiger partial charge in [-0.3, -0.25) is 0 Å². The second-order valence-electron chi connectivity index (χ2n) is 10.8. The molecule has 0 atom stereocenters. The van der Waals surface area contributed by atoms with Gasteiger partial charge in [0.1, 0.15) is 22.5 Å². The van der Waals surface area contributed by atoms with Gasteiger partial charge in [0.15, 0.2) is 0 Å². The Labute approximate surface area is 221 Å². The fourth-order valence-corrected chi connectivity index (χ4v) is 7.68. The van der Waals surface area contributed by atoms with Crippen LogP contribution in [-0.4, -0.2) is 15.8 Å². The molecule has 0 N–H and O–H groups in total. The zero-order valence-electron chi connectivity index (χ0n) is 20.6. The van der Waals surface area contributed by atoms with E-state index in [0.717, 1.165) is 44.6 Å². The van der Waals surface area contributed by atoms with Crippen molar-refractivity contribution in [2.75, 3.05) is 0 Å². The van der Waals surface area contributed by atoms with Crippen LogP contribution in [0.2, 0.25) is 0 Å². The van der Waals surface area contributed by atoms with E-state index in [-0.39, 0.29) is 6.71 Å². The number of hydrogen-bond donors (Lipinski definition) is 0. The molecule has 0 bridgehead atoms. The largest absolute Gasteiger partial charge is 0.468 e. The van der Waals surface area contributed by atoms with Crippen molar-refractivity contribution in [3.05, 3.63) is 103 Å². The van der Waals surface area contributed by atoms with Crippen molar-refractivity contribution in [3.8, 4) is 11.4 Å². The Kier molecular flexibility index (Phi) is 2.97. The average Bonchev–Trinajstić information content (AvgIpc) is 3.72. The van der Waals surface area contributed by atoms with Gasteiger partial charge >= 0.3 is 6.71 Å². The summed E-state index contributed by atoms with van der Waals surface area (Å²) in [6.07, 6.45) is 0. The zero-order valence-corrected chi connectivity index (χ0v) is 20.6. The lowest BCUT2D eigenvalue weighted by Gasteiger charge is -2.27. The van der Waals surface area contributed by atoms with Crippen LogP contribution in [0, 0.1) is 0 Å². The highest BCUT2D eigenvalue weighted by atomic mass is 16.3. The summed E-state index contributed by atoms with van der Waals surface area (Å²) in [5.74, 6) is 0. The normalized spacial score (nSPS) is 13.6. The molecule has 39 heavy (non-hydrogen) atoms. The van der Waals surface area contributed by atoms with Crippen LogP contribution in [-0.2, 0) is 0 Å². The second kappa shape index (κ2) is 6.11. The van der Waals surface area contributed by atoms with E-state index in [9.17, 15) is 0 Å². The number of aromatic nitrogens is 2. The molecule has 6 heterocycles. The first-order valence-electron chi connectivity index (χ1n) is 13.4. The van der Waals surface area contributed by atoms with Gasteiger partial charge in [-0.15, -0.1) is 0 Å². The minimum atomic E-state index is -0.144. The quantitative estimate of drug-likeness (QED) is 0.224. The van der Waals surface area contributed by atoms with Crippen LogP contribution >= 0.6 is 0 Å². The Morgan fingerprint density at radius 3 is 1.41 bits per heavy atom. The fraction of sp³-hybridized carbons (Fsp3) is 0. The molecule has 11 rings (SSSR count). The maximum absolute atomic E-state index is 6.82. The fourth-order valence-electron chi connectivity index (χ4n) is 7.68. The predicted molar refractivity (Wildman–Crippen MR) is 159 cm³/mol. The Morgan fingerprint density at radius 1 is 0.462 bits per heavy atom. The third-order valence-electron chi connectivity index (χ3n) is 9.08. The average molecular weight is 496 g/mol. The van der Waals surface area contributed by atoms with Crippen molar-refractivity contribution in [1.29, 1.82) is 0 Å². The highest BCUT2D eigenvalue weighted by Gasteiger charge is 2.47. The van der Waals surface area contributed by atoms with Crippen molar-refractivity contribution in [2.24, 2.45) is 0 Å². The first kappa shape index (κ1) is 19.0. The molecule has 0 saturated carbocycles. The van der Waals surface area contributed by atoms with Crippen LogP contribution in [0.1, 0.15) is 0 Å². The van der Waals surface area contributed by atoms with Gasteiger partial charge in [-0.2, -0.15) is 0 Å². The highest BCUT2D eigenvalue weighted by Crippen LogP contribution is 2.44. The van der Waals surface area contributed by atoms with Crippen molar-refractivity contribution in [3.63, 3.8) is 0 Å². The van der Waals surface area contributed by atoms with Gasteiger partial charge in [0.25, 0.3) is 0 Å². The molecule has 4 aromatic heterocycles. The van der Waals surface area contributed by atoms with Gasteiger partial charge in [0, 0.05) is 32.3 Å². The number of rotatable bonds is 0. The summed E-state index contributed by atoms with van der Waals surface area (Å²) in [5, 5.41) is 7.33. The monoisotopic (exact) mass is 496 g/mol. The van der Waals surface area contributed by atoms with E-state index in [4.69, 9.17) is 8.83 Å². The number of hydrogen-bond acceptors (Lipinski definition) is 2. The summed E-state index contributed by atoms with van der Waals surface area (Å²) in [6.45, 7) is -0.144. The maximum atomic E-state index is 6.82. The lowest BCUT2D eigenvalue weighted by Crippen LogP contribution is -2.58. The van der Waals surface area contributed by atoms with Gasteiger partial charge in [0.2, 0.25) is 0 Å². The van der Waals surface area contributed by atoms with E-state index < -0.39 is 0 Å². The topological polar surface area (TPSA) is 36.1 Å². The van der Waals surface area contributed by atoms with Crippen LogP contribution in [0.5, 0.6) is 0 Å². The van der Waals surface area contributed by atoms with Crippen molar-refractivity contribution in [2.45, 2.75) is 0 Å². The minimum absolute atomic E-state index is 0.144. The highest BCUT2D eigenvalue weighted by molar-refractivity contribution is 6.99. The molecule has 2 aliphatic rings. The molecule has 4 nitrogen and oxygen atoms in total. The van der Waals surface area contributed by atoms with E-state index in [1.807, 2.05) is 0 Å². The summed E-state index contributed by atoms with van der Waals surface area (Å²) in [4.78, 5) is 0. The zero-order chi connectivity index (χ0) is 25.0. The number of furan rings is 2. The summed E-state index contributed by atoms with van der Waals surface area (Å²) >= 11 is 0. The first-order chi connectivity index (χ1) is 19.4. The molecule has 0 amide bonds. The van der Waals surface area contributed by atoms with Crippen LogP contribution in [0.3, 0.4) is 0 Å². The van der Waals surface area contributed by atoms with Crippen LogP contribution in [0.15, 0.2) is 112 Å². The Morgan fingerprint density at radius 2 is 0.897 bits per heavy atom. The molecule has 0 unspecified atom stereocenters. The number of fused-ring (bicyclic) bond motifs is 16. The Balaban J connectivity index is 1.52. The van der Waals surface area contributed by atoms with Gasteiger partial charge < -0.3 is 18.0 Å². The second-order valence-corrected chi connectivity index (χ2v) is 10.8. The van der Waals surface area contributed by atoms with Gasteiger partial charge in [0.05, 0.1) is 33.4 Å². The Bertz CT molecular complexity index is 2400. The molecule has 2 aliphatic heterocycles. The maximum Gasteiger partial charge on any atom is 0.342 e. The third kappa shape index (κ3) is 1.94. The summed E-state index contributed by atoms with van der Waals surface area (Å²) in [5.41, 5.74) is 12.2. The number of nitrogens with zero attached hydrogens (tertiary/aromatic N) is 2. The summed E-state index contributed by atoms with van der Waals surface area (Å²) in [6, 6.07) is 36.8. The van der Waals surface area contributed by atoms with E-state index in [1.165, 1.54) is 49.1 Å². The summed E-state index contributed by atoms with van der Waals surface area (Å²) < 4.78 is 18.5. The molecular weight excluding hydrogens is 479 g/mol. The van der Waals surface area contributed by atoms with E-state index in [0.29, 0.717) is 0 Å². The third-order valence-corrected chi connectivity index (χ3v) is 9.08. The van der Waals surface area contributed by atoms with Crippen LogP contribution in [0.4, 0.5) is 0 Å². The molecule has 0 spiro atoms. The lowest BCUT2D eigenvalue weighted by atomic mass is 9.38. The molecule has 0 aliphatic carbocycles. The first-order valence-corrected chi connectivity index (χ1v) is 13.4. The Hall–Kier alpha value is -5.16. The van der Waals surface area contributed by atoms with E-state index in [1.54, 1.807) is 0 Å². The van der Waals surface area contributed by atoms with Crippen LogP contribution < -0.4 is 16.8 Å². The van der Waals surface area contributed by atoms with Crippen molar-refractivity contribution >= 4 is 89.0 Å². The number of para-hydroxylation sites is 4. The van der Waals surface area contributed by atoms with Gasteiger partial charge in [-0.25, -0.2) is 0 Å². The SMILES string of the molecule is c1ccc2c3c(oc2c1)B1c2oc4ccccc4c2-n2c4ccccc4c4cc5c6ccccc6n-3c5c1c42. The van der Waals surface area contributed by atoms with Gasteiger partial charge in [-0.1, -0.05) is 60.7 Å². The molecule has 9 aromatic rings. The summed E-state index contributed by atoms with van der Waals surface area (Å²) in [7, 11) is 0. The molecular formula is C34H17BN2O2. The molecule has 178 valence electrons. The molecule has 5 heteroatoms. The lowest BCUT2D eigenvalue weighted by molar-refractivity contribution is 0.635. The minimum Gasteiger partial charge on any atom is -0.468 e. The smallest absolute Gasteiger partial charge is 0.342 e. The number of benzene rings is 5. The standard InChI is InChI=1S/C34H17BN2O2/c1-5-13-24-18(9-1)22-17-23-19-10-2-6-14-25(19)37-30(23)28-29(22)36(24)31-20-11-3-7-15-26(20)38-33(31)35(28)34-32(37)21-12-4-8-16-27(21)39-34/h1-17H. The van der Waals surface area contributed by atoms with Crippen molar-refractivity contribution in [1.82, 2.24) is 9.13 Å². The van der Waals surface area contributed by atoms with E-state index in [2.05, 4.69) is 112 Å². The van der Waals surface area contributed by atoms with Crippen LogP contribution in [0.25, 0.3) is 76.9 Å². The van der Waals surface area contributed by atoms with Crippen molar-refractivity contribution < 1.29 is 8.83 Å². The van der Waals surface area contributed by atoms with Gasteiger partial charge in [-0.05, 0) is 47.9 Å². The van der Waals surface area contributed by atoms with E-state index >= 15 is 0 Å². The predicted octanol–water partition coefficient (Wildman–Crippen LogP) is 6.52. The molecule has 0 radical (unpaired) electrons. The molecule has 0 saturated heterocycles.